The molecule has 0 radical (unpaired) electrons. The molecule has 1 saturated heterocycles. The highest BCUT2D eigenvalue weighted by molar-refractivity contribution is 6.10. The number of quaternary nitrogens is 2. The predicted octanol–water partition coefficient (Wildman–Crippen LogP) is 0.919. The number of fused-ring (bicyclic) bond motifs is 1. The fourth-order valence-corrected chi connectivity index (χ4v) is 4.59. The quantitative estimate of drug-likeness (QED) is 0.472. The summed E-state index contributed by atoms with van der Waals surface area (Å²) >= 11 is 0. The Bertz CT molecular complexity index is 1020. The van der Waals surface area contributed by atoms with Crippen molar-refractivity contribution >= 4 is 16.7 Å². The standard InChI is InChI=1S/C25H31N3O3/c1-18-24(22-6-4-5-7-23(22)26-18)25(29)19(2)28-14-12-27(13-15-28)16-17-31-21-10-8-20(30-3)9-11-21/h4-11,19,26H,12-17H2,1-3H3/p+2/t19-/m1/s1. The normalized spacial score (nSPS) is 19.8. The van der Waals surface area contributed by atoms with E-state index in [-0.39, 0.29) is 11.8 Å². The topological polar surface area (TPSA) is 60.2 Å². The fourth-order valence-electron chi connectivity index (χ4n) is 4.59. The van der Waals surface area contributed by atoms with Crippen molar-refractivity contribution in [3.8, 4) is 11.5 Å². The monoisotopic (exact) mass is 423 g/mol. The first-order valence-electron chi connectivity index (χ1n) is 11.1. The Balaban J connectivity index is 1.28. The molecule has 0 amide bonds. The highest BCUT2D eigenvalue weighted by Crippen LogP contribution is 2.22. The number of H-pyrrole nitrogens is 1. The van der Waals surface area contributed by atoms with Crippen LogP contribution in [0, 0.1) is 6.92 Å². The number of rotatable bonds is 8. The number of nitrogens with one attached hydrogen (secondary N) is 3. The highest BCUT2D eigenvalue weighted by Gasteiger charge is 2.33. The van der Waals surface area contributed by atoms with Gasteiger partial charge in [-0.3, -0.25) is 4.79 Å². The molecule has 2 heterocycles. The molecule has 3 aromatic rings. The number of hydrogen-bond acceptors (Lipinski definition) is 3. The van der Waals surface area contributed by atoms with Gasteiger partial charge in [-0.05, 0) is 44.2 Å². The third-order valence-electron chi connectivity index (χ3n) is 6.53. The van der Waals surface area contributed by atoms with Crippen molar-refractivity contribution in [1.82, 2.24) is 4.98 Å². The van der Waals surface area contributed by atoms with E-state index >= 15 is 0 Å². The van der Waals surface area contributed by atoms with Crippen molar-refractivity contribution in [2.75, 3.05) is 46.4 Å². The molecule has 1 aliphatic rings. The zero-order valence-corrected chi connectivity index (χ0v) is 18.7. The van der Waals surface area contributed by atoms with E-state index in [9.17, 15) is 4.79 Å². The smallest absolute Gasteiger partial charge is 0.222 e. The molecular weight excluding hydrogens is 390 g/mol. The van der Waals surface area contributed by atoms with E-state index < -0.39 is 0 Å². The maximum Gasteiger partial charge on any atom is 0.222 e. The second-order valence-corrected chi connectivity index (χ2v) is 8.44. The number of carbonyl (C=O) groups excluding carboxylic acids is 1. The summed E-state index contributed by atoms with van der Waals surface area (Å²) in [6.45, 7) is 9.88. The Morgan fingerprint density at radius 2 is 1.71 bits per heavy atom. The minimum atomic E-state index is -0.0324. The summed E-state index contributed by atoms with van der Waals surface area (Å²) in [6, 6.07) is 15.8. The summed E-state index contributed by atoms with van der Waals surface area (Å²) in [5.41, 5.74) is 2.87. The first-order chi connectivity index (χ1) is 15.1. The number of methoxy groups -OCH3 is 1. The van der Waals surface area contributed by atoms with E-state index in [0.29, 0.717) is 6.61 Å². The van der Waals surface area contributed by atoms with Gasteiger partial charge < -0.3 is 24.3 Å². The first kappa shape index (κ1) is 21.4. The lowest BCUT2D eigenvalue weighted by molar-refractivity contribution is -1.02. The van der Waals surface area contributed by atoms with Crippen LogP contribution in [-0.4, -0.2) is 63.2 Å². The van der Waals surface area contributed by atoms with Crippen molar-refractivity contribution < 1.29 is 24.1 Å². The fraction of sp³-hybridized carbons (Fsp3) is 0.400. The number of aryl methyl sites for hydroxylation is 1. The molecule has 0 bridgehead atoms. The number of hydrogen-bond donors (Lipinski definition) is 3. The van der Waals surface area contributed by atoms with Crippen LogP contribution in [-0.2, 0) is 0 Å². The van der Waals surface area contributed by atoms with E-state index in [1.807, 2.05) is 55.5 Å². The van der Waals surface area contributed by atoms with Crippen molar-refractivity contribution in [2.45, 2.75) is 19.9 Å². The van der Waals surface area contributed by atoms with Crippen LogP contribution >= 0.6 is 0 Å². The summed E-state index contributed by atoms with van der Waals surface area (Å²) in [5.74, 6) is 1.96. The van der Waals surface area contributed by atoms with Crippen molar-refractivity contribution in [1.29, 1.82) is 0 Å². The Kier molecular flexibility index (Phi) is 6.59. The summed E-state index contributed by atoms with van der Waals surface area (Å²) in [4.78, 5) is 19.6. The zero-order valence-electron chi connectivity index (χ0n) is 18.7. The van der Waals surface area contributed by atoms with Gasteiger partial charge in [-0.1, -0.05) is 18.2 Å². The third-order valence-corrected chi connectivity index (χ3v) is 6.53. The minimum Gasteiger partial charge on any atom is -0.497 e. The molecule has 6 heteroatoms. The summed E-state index contributed by atoms with van der Waals surface area (Å²) in [5, 5.41) is 1.04. The van der Waals surface area contributed by atoms with Gasteiger partial charge in [0, 0.05) is 16.6 Å². The molecule has 0 aliphatic carbocycles. The van der Waals surface area contributed by atoms with Crippen LogP contribution in [0.25, 0.3) is 10.9 Å². The van der Waals surface area contributed by atoms with Crippen LogP contribution in [0.5, 0.6) is 11.5 Å². The second-order valence-electron chi connectivity index (χ2n) is 8.44. The van der Waals surface area contributed by atoms with Crippen LogP contribution < -0.4 is 19.3 Å². The van der Waals surface area contributed by atoms with Crippen molar-refractivity contribution in [3.63, 3.8) is 0 Å². The largest absolute Gasteiger partial charge is 0.497 e. The second kappa shape index (κ2) is 9.54. The molecule has 0 spiro atoms. The van der Waals surface area contributed by atoms with Gasteiger partial charge in [0.25, 0.3) is 0 Å². The molecule has 2 aromatic carbocycles. The molecule has 1 aliphatic heterocycles. The molecule has 3 N–H and O–H groups in total. The van der Waals surface area contributed by atoms with Gasteiger partial charge >= 0.3 is 0 Å². The van der Waals surface area contributed by atoms with Crippen LogP contribution in [0.4, 0.5) is 0 Å². The van der Waals surface area contributed by atoms with E-state index in [2.05, 4.69) is 11.9 Å². The number of benzene rings is 2. The molecule has 31 heavy (non-hydrogen) atoms. The number of aromatic nitrogens is 1. The SMILES string of the molecule is COc1ccc(OCC[NH+]2CC[NH+]([C@H](C)C(=O)c3c(C)[nH]c4ccccc34)CC2)cc1. The number of ether oxygens (including phenoxy) is 2. The zero-order chi connectivity index (χ0) is 21.8. The lowest BCUT2D eigenvalue weighted by Gasteiger charge is -2.32. The molecular formula is C25H33N3O3+2. The molecule has 1 aromatic heterocycles. The number of ketones is 1. The van der Waals surface area contributed by atoms with Crippen LogP contribution in [0.3, 0.4) is 0 Å². The maximum atomic E-state index is 13.3. The number of carbonyl (C=O) groups is 1. The lowest BCUT2D eigenvalue weighted by atomic mass is 10.0. The first-order valence-corrected chi connectivity index (χ1v) is 11.1. The predicted molar refractivity (Wildman–Crippen MR) is 122 cm³/mol. The van der Waals surface area contributed by atoms with E-state index in [1.54, 1.807) is 12.0 Å². The number of aromatic amines is 1. The molecule has 0 unspecified atom stereocenters. The number of para-hydroxylation sites is 1. The van der Waals surface area contributed by atoms with Crippen LogP contribution in [0.15, 0.2) is 48.5 Å². The van der Waals surface area contributed by atoms with Gasteiger partial charge in [0.2, 0.25) is 5.78 Å². The Hall–Kier alpha value is -2.83. The van der Waals surface area contributed by atoms with Gasteiger partial charge in [-0.15, -0.1) is 0 Å². The van der Waals surface area contributed by atoms with Gasteiger partial charge in [0.1, 0.15) is 56.9 Å². The number of piperazine rings is 1. The van der Waals surface area contributed by atoms with Crippen LogP contribution in [0.2, 0.25) is 0 Å². The molecule has 1 atom stereocenters. The molecule has 4 rings (SSSR count). The van der Waals surface area contributed by atoms with E-state index in [4.69, 9.17) is 9.47 Å². The van der Waals surface area contributed by atoms with Crippen LogP contribution in [0.1, 0.15) is 23.0 Å². The molecule has 0 saturated carbocycles. The minimum absolute atomic E-state index is 0.0324. The Morgan fingerprint density at radius 1 is 1.03 bits per heavy atom. The molecule has 164 valence electrons. The average molecular weight is 424 g/mol. The number of Topliss-reactive ketones (excluding diaryl/α,β-unsaturated/α-hetero) is 1. The molecule has 1 fully saturated rings. The van der Waals surface area contributed by atoms with Crippen molar-refractivity contribution in [2.24, 2.45) is 0 Å². The molecule has 6 nitrogen and oxygen atoms in total. The van der Waals surface area contributed by atoms with Gasteiger partial charge in [0.15, 0.2) is 0 Å². The third kappa shape index (κ3) is 4.75. The summed E-state index contributed by atoms with van der Waals surface area (Å²) in [7, 11) is 1.66. The van der Waals surface area contributed by atoms with Gasteiger partial charge in [-0.25, -0.2) is 0 Å². The van der Waals surface area contributed by atoms with Gasteiger partial charge in [0.05, 0.1) is 12.7 Å². The summed E-state index contributed by atoms with van der Waals surface area (Å²) in [6.07, 6.45) is 0. The summed E-state index contributed by atoms with van der Waals surface area (Å²) < 4.78 is 11.1. The Morgan fingerprint density at radius 3 is 2.42 bits per heavy atom. The average Bonchev–Trinajstić information content (AvgIpc) is 3.14. The highest BCUT2D eigenvalue weighted by atomic mass is 16.5. The van der Waals surface area contributed by atoms with E-state index in [0.717, 1.165) is 66.4 Å². The maximum absolute atomic E-state index is 13.3. The van der Waals surface area contributed by atoms with E-state index in [1.165, 1.54) is 4.90 Å². The van der Waals surface area contributed by atoms with Gasteiger partial charge in [-0.2, -0.15) is 0 Å². The van der Waals surface area contributed by atoms with Crippen molar-refractivity contribution in [3.05, 3.63) is 59.8 Å². The lowest BCUT2D eigenvalue weighted by Crippen LogP contribution is -3.30. The Labute approximate surface area is 183 Å².